The van der Waals surface area contributed by atoms with E-state index in [2.05, 4.69) is 19.2 Å². The molecule has 0 aromatic heterocycles. The van der Waals surface area contributed by atoms with Gasteiger partial charge in [0.05, 0.1) is 0 Å². The second-order valence-corrected chi connectivity index (χ2v) is 3.96. The van der Waals surface area contributed by atoms with Crippen molar-refractivity contribution in [2.24, 2.45) is 11.8 Å². The highest BCUT2D eigenvalue weighted by molar-refractivity contribution is 4.70. The zero-order valence-electron chi connectivity index (χ0n) is 7.90. The Balaban J connectivity index is 2.13. The Kier molecular flexibility index (Phi) is 3.92. The van der Waals surface area contributed by atoms with E-state index in [1.165, 1.54) is 38.8 Å². The lowest BCUT2D eigenvalue weighted by molar-refractivity contribution is 0.308. The molecule has 0 radical (unpaired) electrons. The maximum absolute atomic E-state index is 3.46. The first kappa shape index (κ1) is 9.05. The van der Waals surface area contributed by atoms with E-state index in [1.807, 2.05) is 0 Å². The van der Waals surface area contributed by atoms with E-state index in [9.17, 15) is 0 Å². The topological polar surface area (TPSA) is 12.0 Å². The van der Waals surface area contributed by atoms with Crippen LogP contribution in [0.25, 0.3) is 0 Å². The Bertz CT molecular complexity index is 95.0. The summed E-state index contributed by atoms with van der Waals surface area (Å²) in [6.45, 7) is 7.18. The normalized spacial score (nSPS) is 28.4. The van der Waals surface area contributed by atoms with Gasteiger partial charge in [-0.05, 0) is 44.2 Å². The molecule has 1 fully saturated rings. The van der Waals surface area contributed by atoms with E-state index >= 15 is 0 Å². The minimum Gasteiger partial charge on any atom is -0.316 e. The summed E-state index contributed by atoms with van der Waals surface area (Å²) in [4.78, 5) is 0. The lowest BCUT2D eigenvalue weighted by Crippen LogP contribution is -2.30. The van der Waals surface area contributed by atoms with Gasteiger partial charge in [0, 0.05) is 0 Å². The molecule has 66 valence electrons. The van der Waals surface area contributed by atoms with Crippen LogP contribution in [0.4, 0.5) is 0 Å². The van der Waals surface area contributed by atoms with Crippen molar-refractivity contribution < 1.29 is 0 Å². The van der Waals surface area contributed by atoms with E-state index in [-0.39, 0.29) is 0 Å². The third-order valence-electron chi connectivity index (χ3n) is 2.83. The molecule has 1 heteroatoms. The van der Waals surface area contributed by atoms with Gasteiger partial charge in [-0.15, -0.1) is 0 Å². The fourth-order valence-corrected chi connectivity index (χ4v) is 1.86. The molecule has 1 saturated heterocycles. The second-order valence-electron chi connectivity index (χ2n) is 3.96. The predicted octanol–water partition coefficient (Wildman–Crippen LogP) is 2.42. The Morgan fingerprint density at radius 1 is 1.55 bits per heavy atom. The second kappa shape index (κ2) is 4.76. The molecule has 0 aromatic rings. The molecule has 0 saturated carbocycles. The minimum absolute atomic E-state index is 0.930. The summed E-state index contributed by atoms with van der Waals surface area (Å²) in [7, 11) is 0. The van der Waals surface area contributed by atoms with Crippen LogP contribution in [0.15, 0.2) is 0 Å². The Hall–Kier alpha value is -0.0400. The molecule has 1 unspecified atom stereocenters. The molecular formula is C10H21N. The largest absolute Gasteiger partial charge is 0.316 e. The van der Waals surface area contributed by atoms with Gasteiger partial charge >= 0.3 is 0 Å². The fraction of sp³-hybridized carbons (Fsp3) is 1.00. The molecule has 1 heterocycles. The van der Waals surface area contributed by atoms with Crippen molar-refractivity contribution >= 4 is 0 Å². The van der Waals surface area contributed by atoms with Crippen molar-refractivity contribution in [3.63, 3.8) is 0 Å². The summed E-state index contributed by atoms with van der Waals surface area (Å²) in [6.07, 6.45) is 5.62. The van der Waals surface area contributed by atoms with E-state index in [0.717, 1.165) is 11.8 Å². The molecule has 1 N–H and O–H groups in total. The van der Waals surface area contributed by atoms with E-state index in [1.54, 1.807) is 0 Å². The smallest absolute Gasteiger partial charge is 0.00204 e. The first-order valence-corrected chi connectivity index (χ1v) is 5.03. The number of rotatable bonds is 3. The van der Waals surface area contributed by atoms with Crippen LogP contribution in [-0.4, -0.2) is 13.1 Å². The van der Waals surface area contributed by atoms with Crippen LogP contribution in [0.1, 0.15) is 39.5 Å². The van der Waals surface area contributed by atoms with Gasteiger partial charge in [-0.1, -0.05) is 20.3 Å². The van der Waals surface area contributed by atoms with Gasteiger partial charge in [-0.25, -0.2) is 0 Å². The van der Waals surface area contributed by atoms with Gasteiger partial charge in [-0.3, -0.25) is 0 Å². The summed E-state index contributed by atoms with van der Waals surface area (Å²) < 4.78 is 0. The molecule has 0 spiro atoms. The average Bonchev–Trinajstić information content (AvgIpc) is 2.06. The SMILES string of the molecule is CCC(C)C[C@H]1CCCNC1. The first-order chi connectivity index (χ1) is 5.33. The van der Waals surface area contributed by atoms with Crippen LogP contribution in [-0.2, 0) is 0 Å². The summed E-state index contributed by atoms with van der Waals surface area (Å²) in [5, 5.41) is 3.46. The lowest BCUT2D eigenvalue weighted by Gasteiger charge is -2.24. The maximum atomic E-state index is 3.46. The van der Waals surface area contributed by atoms with Crippen LogP contribution >= 0.6 is 0 Å². The summed E-state index contributed by atoms with van der Waals surface area (Å²) in [6, 6.07) is 0. The van der Waals surface area contributed by atoms with Crippen LogP contribution in [0.2, 0.25) is 0 Å². The van der Waals surface area contributed by atoms with Crippen LogP contribution in [0.3, 0.4) is 0 Å². The quantitative estimate of drug-likeness (QED) is 0.660. The number of piperidine rings is 1. The van der Waals surface area contributed by atoms with Gasteiger partial charge < -0.3 is 5.32 Å². The standard InChI is InChI=1S/C10H21N/c1-3-9(2)7-10-5-4-6-11-8-10/h9-11H,3-8H2,1-2H3/t9?,10-/m1/s1. The molecule has 2 atom stereocenters. The number of hydrogen-bond acceptors (Lipinski definition) is 1. The fourth-order valence-electron chi connectivity index (χ4n) is 1.86. The van der Waals surface area contributed by atoms with Crippen molar-refractivity contribution in [2.45, 2.75) is 39.5 Å². The van der Waals surface area contributed by atoms with Gasteiger partial charge in [0.25, 0.3) is 0 Å². The van der Waals surface area contributed by atoms with Crippen LogP contribution in [0.5, 0.6) is 0 Å². The van der Waals surface area contributed by atoms with E-state index in [0.29, 0.717) is 0 Å². The highest BCUT2D eigenvalue weighted by Crippen LogP contribution is 2.20. The monoisotopic (exact) mass is 155 g/mol. The van der Waals surface area contributed by atoms with Crippen molar-refractivity contribution in [3.05, 3.63) is 0 Å². The predicted molar refractivity (Wildman–Crippen MR) is 49.7 cm³/mol. The molecule has 1 aliphatic heterocycles. The molecule has 0 aromatic carbocycles. The zero-order valence-corrected chi connectivity index (χ0v) is 7.90. The van der Waals surface area contributed by atoms with Crippen molar-refractivity contribution in [1.29, 1.82) is 0 Å². The van der Waals surface area contributed by atoms with Crippen molar-refractivity contribution in [2.75, 3.05) is 13.1 Å². The molecule has 1 rings (SSSR count). The Morgan fingerprint density at radius 2 is 2.36 bits per heavy atom. The van der Waals surface area contributed by atoms with E-state index in [4.69, 9.17) is 0 Å². The molecule has 1 nitrogen and oxygen atoms in total. The van der Waals surface area contributed by atoms with Gasteiger partial charge in [0.1, 0.15) is 0 Å². The van der Waals surface area contributed by atoms with Crippen LogP contribution in [0, 0.1) is 11.8 Å². The van der Waals surface area contributed by atoms with Gasteiger partial charge in [0.15, 0.2) is 0 Å². The van der Waals surface area contributed by atoms with Gasteiger partial charge in [0.2, 0.25) is 0 Å². The highest BCUT2D eigenvalue weighted by Gasteiger charge is 2.14. The molecule has 1 aliphatic rings. The molecule has 0 aliphatic carbocycles. The number of nitrogens with one attached hydrogen (secondary N) is 1. The molecule has 0 bridgehead atoms. The Labute approximate surface area is 70.6 Å². The zero-order chi connectivity index (χ0) is 8.10. The third kappa shape index (κ3) is 3.24. The summed E-state index contributed by atoms with van der Waals surface area (Å²) in [5.74, 6) is 1.90. The van der Waals surface area contributed by atoms with Crippen molar-refractivity contribution in [1.82, 2.24) is 5.32 Å². The average molecular weight is 155 g/mol. The molecule has 11 heavy (non-hydrogen) atoms. The Morgan fingerprint density at radius 3 is 2.91 bits per heavy atom. The number of hydrogen-bond donors (Lipinski definition) is 1. The minimum atomic E-state index is 0.930. The molecular weight excluding hydrogens is 134 g/mol. The summed E-state index contributed by atoms with van der Waals surface area (Å²) in [5.41, 5.74) is 0. The van der Waals surface area contributed by atoms with E-state index < -0.39 is 0 Å². The van der Waals surface area contributed by atoms with Gasteiger partial charge in [-0.2, -0.15) is 0 Å². The maximum Gasteiger partial charge on any atom is -0.00204 e. The van der Waals surface area contributed by atoms with Crippen molar-refractivity contribution in [3.8, 4) is 0 Å². The summed E-state index contributed by atoms with van der Waals surface area (Å²) >= 11 is 0. The highest BCUT2D eigenvalue weighted by atomic mass is 14.9. The lowest BCUT2D eigenvalue weighted by atomic mass is 9.89. The first-order valence-electron chi connectivity index (χ1n) is 5.03. The molecule has 0 amide bonds. The van der Waals surface area contributed by atoms with Crippen LogP contribution < -0.4 is 5.32 Å². The third-order valence-corrected chi connectivity index (χ3v) is 2.83.